The molecule has 0 saturated carbocycles. The van der Waals surface area contributed by atoms with Gasteiger partial charge in [-0.2, -0.15) is 0 Å². The van der Waals surface area contributed by atoms with Crippen LogP contribution in [-0.4, -0.2) is 35.3 Å². The highest BCUT2D eigenvalue weighted by atomic mass is 16.3. The number of nitrogens with zero attached hydrogens (tertiary/aromatic N) is 2. The maximum absolute atomic E-state index is 9.96. The van der Waals surface area contributed by atoms with Gasteiger partial charge in [-0.1, -0.05) is 13.0 Å². The van der Waals surface area contributed by atoms with Crippen LogP contribution in [0.5, 0.6) is 0 Å². The molecule has 0 radical (unpaired) electrons. The average Bonchev–Trinajstić information content (AvgIpc) is 2.39. The van der Waals surface area contributed by atoms with E-state index in [9.17, 15) is 5.11 Å². The van der Waals surface area contributed by atoms with Crippen LogP contribution in [0.3, 0.4) is 0 Å². The molecule has 4 nitrogen and oxygen atoms in total. The lowest BCUT2D eigenvalue weighted by atomic mass is 9.94. The number of nitrogens with one attached hydrogen (secondary N) is 1. The molecular formula is C15H25N3O. The molecule has 0 bridgehead atoms. The highest BCUT2D eigenvalue weighted by molar-refractivity contribution is 5.40. The van der Waals surface area contributed by atoms with Crippen LogP contribution in [-0.2, 0) is 0 Å². The normalized spacial score (nSPS) is 20.3. The Hall–Kier alpha value is -1.13. The summed E-state index contributed by atoms with van der Waals surface area (Å²) in [4.78, 5) is 6.81. The van der Waals surface area contributed by atoms with Gasteiger partial charge in [0.25, 0.3) is 0 Å². The van der Waals surface area contributed by atoms with E-state index in [1.807, 2.05) is 13.1 Å². The Labute approximate surface area is 115 Å². The second-order valence-corrected chi connectivity index (χ2v) is 5.71. The minimum Gasteiger partial charge on any atom is -0.390 e. The fourth-order valence-corrected chi connectivity index (χ4v) is 2.48. The Morgan fingerprint density at radius 2 is 2.11 bits per heavy atom. The van der Waals surface area contributed by atoms with E-state index in [1.165, 1.54) is 5.56 Å². The number of aliphatic hydroxyl groups is 1. The molecule has 19 heavy (non-hydrogen) atoms. The number of aromatic nitrogens is 1. The Morgan fingerprint density at radius 3 is 2.63 bits per heavy atom. The predicted molar refractivity (Wildman–Crippen MR) is 78.4 cm³/mol. The third kappa shape index (κ3) is 3.67. The van der Waals surface area contributed by atoms with Crippen molar-refractivity contribution >= 4 is 5.82 Å². The van der Waals surface area contributed by atoms with Crippen molar-refractivity contribution in [1.29, 1.82) is 0 Å². The molecule has 1 unspecified atom stereocenters. The standard InChI is InChI=1S/C15H25N3O/c1-4-16-12(2)13-5-6-14(17-11-13)18-9-7-15(3,19)8-10-18/h5-6,11-12,16,19H,4,7-10H2,1-3H3. The second kappa shape index (κ2) is 5.88. The summed E-state index contributed by atoms with van der Waals surface area (Å²) in [5, 5.41) is 13.3. The monoisotopic (exact) mass is 263 g/mol. The van der Waals surface area contributed by atoms with Crippen molar-refractivity contribution < 1.29 is 5.11 Å². The summed E-state index contributed by atoms with van der Waals surface area (Å²) in [7, 11) is 0. The summed E-state index contributed by atoms with van der Waals surface area (Å²) in [5.74, 6) is 1.02. The zero-order chi connectivity index (χ0) is 13.9. The van der Waals surface area contributed by atoms with Crippen molar-refractivity contribution in [3.05, 3.63) is 23.9 Å². The summed E-state index contributed by atoms with van der Waals surface area (Å²) in [6.07, 6.45) is 3.57. The van der Waals surface area contributed by atoms with E-state index in [0.717, 1.165) is 38.3 Å². The number of hydrogen-bond acceptors (Lipinski definition) is 4. The maximum atomic E-state index is 9.96. The lowest BCUT2D eigenvalue weighted by molar-refractivity contribution is 0.0350. The molecule has 1 saturated heterocycles. The molecule has 4 heteroatoms. The van der Waals surface area contributed by atoms with Crippen LogP contribution in [0.25, 0.3) is 0 Å². The van der Waals surface area contributed by atoms with Crippen LogP contribution in [0.15, 0.2) is 18.3 Å². The third-order valence-corrected chi connectivity index (χ3v) is 3.95. The molecule has 106 valence electrons. The molecule has 0 aliphatic carbocycles. The first-order valence-electron chi connectivity index (χ1n) is 7.18. The van der Waals surface area contributed by atoms with Gasteiger partial charge in [-0.25, -0.2) is 4.98 Å². The van der Waals surface area contributed by atoms with E-state index in [0.29, 0.717) is 6.04 Å². The Bertz CT molecular complexity index is 392. The molecule has 0 amide bonds. The maximum Gasteiger partial charge on any atom is 0.128 e. The van der Waals surface area contributed by atoms with Gasteiger partial charge in [0.15, 0.2) is 0 Å². The Balaban J connectivity index is 1.99. The van der Waals surface area contributed by atoms with Crippen LogP contribution in [0.2, 0.25) is 0 Å². The van der Waals surface area contributed by atoms with E-state index < -0.39 is 5.60 Å². The smallest absolute Gasteiger partial charge is 0.128 e. The molecule has 1 aliphatic heterocycles. The van der Waals surface area contributed by atoms with Crippen molar-refractivity contribution in [2.45, 2.75) is 45.3 Å². The quantitative estimate of drug-likeness (QED) is 0.873. The van der Waals surface area contributed by atoms with E-state index in [2.05, 4.69) is 41.2 Å². The topological polar surface area (TPSA) is 48.4 Å². The average molecular weight is 263 g/mol. The van der Waals surface area contributed by atoms with Gasteiger partial charge in [0.1, 0.15) is 5.82 Å². The highest BCUT2D eigenvalue weighted by Gasteiger charge is 2.27. The van der Waals surface area contributed by atoms with Crippen LogP contribution in [0.4, 0.5) is 5.82 Å². The molecule has 1 aliphatic rings. The molecule has 2 rings (SSSR count). The molecular weight excluding hydrogens is 238 g/mol. The third-order valence-electron chi connectivity index (χ3n) is 3.95. The van der Waals surface area contributed by atoms with E-state index in [-0.39, 0.29) is 0 Å². The highest BCUT2D eigenvalue weighted by Crippen LogP contribution is 2.25. The first-order valence-corrected chi connectivity index (χ1v) is 7.18. The van der Waals surface area contributed by atoms with Gasteiger partial charge in [-0.05, 0) is 44.9 Å². The molecule has 1 fully saturated rings. The first-order chi connectivity index (χ1) is 9.02. The molecule has 1 aromatic rings. The largest absolute Gasteiger partial charge is 0.390 e. The van der Waals surface area contributed by atoms with Crippen molar-refractivity contribution in [3.8, 4) is 0 Å². The zero-order valence-corrected chi connectivity index (χ0v) is 12.2. The summed E-state index contributed by atoms with van der Waals surface area (Å²) < 4.78 is 0. The van der Waals surface area contributed by atoms with Crippen LogP contribution in [0, 0.1) is 0 Å². The minimum absolute atomic E-state index is 0.341. The number of pyridine rings is 1. The zero-order valence-electron chi connectivity index (χ0n) is 12.2. The summed E-state index contributed by atoms with van der Waals surface area (Å²) in [6.45, 7) is 8.89. The van der Waals surface area contributed by atoms with E-state index in [4.69, 9.17) is 0 Å². The lowest BCUT2D eigenvalue weighted by Crippen LogP contribution is -2.42. The predicted octanol–water partition coefficient (Wildman–Crippen LogP) is 2.10. The fourth-order valence-electron chi connectivity index (χ4n) is 2.48. The number of rotatable bonds is 4. The van der Waals surface area contributed by atoms with Gasteiger partial charge in [-0.3, -0.25) is 0 Å². The summed E-state index contributed by atoms with van der Waals surface area (Å²) in [5.41, 5.74) is 0.713. The molecule has 2 N–H and O–H groups in total. The Morgan fingerprint density at radius 1 is 1.42 bits per heavy atom. The molecule has 0 aromatic carbocycles. The summed E-state index contributed by atoms with van der Waals surface area (Å²) >= 11 is 0. The van der Waals surface area contributed by atoms with Crippen LogP contribution >= 0.6 is 0 Å². The number of hydrogen-bond donors (Lipinski definition) is 2. The number of anilines is 1. The molecule has 0 spiro atoms. The van der Waals surface area contributed by atoms with E-state index >= 15 is 0 Å². The van der Waals surface area contributed by atoms with Crippen molar-refractivity contribution in [1.82, 2.24) is 10.3 Å². The molecule has 1 aromatic heterocycles. The van der Waals surface area contributed by atoms with Gasteiger partial charge >= 0.3 is 0 Å². The Kier molecular flexibility index (Phi) is 4.42. The van der Waals surface area contributed by atoms with Crippen molar-refractivity contribution in [2.75, 3.05) is 24.5 Å². The van der Waals surface area contributed by atoms with Gasteiger partial charge in [0, 0.05) is 25.3 Å². The van der Waals surface area contributed by atoms with Crippen LogP contribution in [0.1, 0.15) is 45.2 Å². The molecule has 2 heterocycles. The second-order valence-electron chi connectivity index (χ2n) is 5.71. The fraction of sp³-hybridized carbons (Fsp3) is 0.667. The van der Waals surface area contributed by atoms with Gasteiger partial charge in [-0.15, -0.1) is 0 Å². The SMILES string of the molecule is CCNC(C)c1ccc(N2CCC(C)(O)CC2)nc1. The summed E-state index contributed by atoms with van der Waals surface area (Å²) in [6, 6.07) is 4.57. The van der Waals surface area contributed by atoms with Gasteiger partial charge in [0.05, 0.1) is 5.60 Å². The number of piperidine rings is 1. The lowest BCUT2D eigenvalue weighted by Gasteiger charge is -2.36. The molecule has 1 atom stereocenters. The first kappa shape index (κ1) is 14.3. The minimum atomic E-state index is -0.504. The van der Waals surface area contributed by atoms with E-state index in [1.54, 1.807) is 0 Å². The van der Waals surface area contributed by atoms with Gasteiger partial charge in [0.2, 0.25) is 0 Å². The van der Waals surface area contributed by atoms with Crippen molar-refractivity contribution in [3.63, 3.8) is 0 Å². The van der Waals surface area contributed by atoms with Gasteiger partial charge < -0.3 is 15.3 Å². The van der Waals surface area contributed by atoms with Crippen molar-refractivity contribution in [2.24, 2.45) is 0 Å². The van der Waals surface area contributed by atoms with Crippen LogP contribution < -0.4 is 10.2 Å².